The minimum atomic E-state index is -4.26. The predicted octanol–water partition coefficient (Wildman–Crippen LogP) is 3.77. The third-order valence-electron chi connectivity index (χ3n) is 5.61. The smallest absolute Gasteiger partial charge is 0.244 e. The molecule has 1 aliphatic carbocycles. The monoisotopic (exact) mass is 495 g/mol. The molecule has 0 aliphatic heterocycles. The number of aromatic nitrogens is 3. The molecule has 4 rings (SSSR count). The summed E-state index contributed by atoms with van der Waals surface area (Å²) >= 11 is 0. The topological polar surface area (TPSA) is 101 Å². The molecule has 0 atom stereocenters. The maximum absolute atomic E-state index is 12.9. The van der Waals surface area contributed by atoms with E-state index < -0.39 is 42.3 Å². The third kappa shape index (κ3) is 4.90. The molecule has 180 valence electrons. The summed E-state index contributed by atoms with van der Waals surface area (Å²) < 4.78 is 79.9. The number of nitrogens with one attached hydrogen (secondary N) is 1. The van der Waals surface area contributed by atoms with Crippen molar-refractivity contribution >= 4 is 20.9 Å². The van der Waals surface area contributed by atoms with Crippen LogP contribution in [0.3, 0.4) is 0 Å². The lowest BCUT2D eigenvalue weighted by Crippen LogP contribution is -2.38. The van der Waals surface area contributed by atoms with Crippen molar-refractivity contribution in [3.63, 3.8) is 0 Å². The summed E-state index contributed by atoms with van der Waals surface area (Å²) in [5, 5.41) is 10.4. The average Bonchev–Trinajstić information content (AvgIpc) is 3.58. The molecule has 7 nitrogen and oxygen atoms in total. The second-order valence-electron chi connectivity index (χ2n) is 8.21. The van der Waals surface area contributed by atoms with E-state index in [1.165, 1.54) is 0 Å². The minimum absolute atomic E-state index is 0.0790. The fraction of sp³-hybridized carbons (Fsp3) is 0.409. The molecule has 0 spiro atoms. The van der Waals surface area contributed by atoms with Crippen molar-refractivity contribution in [3.8, 4) is 17.6 Å². The van der Waals surface area contributed by atoms with Gasteiger partial charge in [-0.15, -0.1) is 0 Å². The van der Waals surface area contributed by atoms with Gasteiger partial charge in [0.15, 0.2) is 5.82 Å². The molecule has 3 aromatic rings. The van der Waals surface area contributed by atoms with Crippen molar-refractivity contribution in [2.75, 3.05) is 13.3 Å². The van der Waals surface area contributed by atoms with Gasteiger partial charge in [-0.05, 0) is 30.4 Å². The number of nitriles is 1. The molecular formula is C22H21F4N5O2S. The summed E-state index contributed by atoms with van der Waals surface area (Å²) in [6, 6.07) is 5.42. The molecule has 1 aromatic carbocycles. The molecule has 1 fully saturated rings. The Kier molecular flexibility index (Phi) is 6.86. The summed E-state index contributed by atoms with van der Waals surface area (Å²) in [6.07, 6.45) is 1.05. The third-order valence-corrected chi connectivity index (χ3v) is 7.09. The normalized spacial score (nSPS) is 14.3. The molecule has 0 saturated heterocycles. The van der Waals surface area contributed by atoms with Crippen LogP contribution in [0.5, 0.6) is 0 Å². The number of halogens is 4. The molecule has 0 radical (unpaired) electrons. The van der Waals surface area contributed by atoms with Crippen LogP contribution in [0.25, 0.3) is 22.4 Å². The summed E-state index contributed by atoms with van der Waals surface area (Å²) in [7, 11) is -4.26. The van der Waals surface area contributed by atoms with E-state index in [9.17, 15) is 31.2 Å². The van der Waals surface area contributed by atoms with Crippen molar-refractivity contribution in [1.82, 2.24) is 19.3 Å². The van der Waals surface area contributed by atoms with Gasteiger partial charge in [0.2, 0.25) is 16.4 Å². The Morgan fingerprint density at radius 2 is 1.85 bits per heavy atom. The minimum Gasteiger partial charge on any atom is -0.336 e. The largest absolute Gasteiger partial charge is 0.336 e. The van der Waals surface area contributed by atoms with Crippen LogP contribution >= 0.6 is 0 Å². The molecule has 34 heavy (non-hydrogen) atoms. The summed E-state index contributed by atoms with van der Waals surface area (Å²) in [5.74, 6) is 0.442. The lowest BCUT2D eigenvalue weighted by Gasteiger charge is -2.13. The SMILES string of the molecule is N#Cc1c(-c2ncc(S(=O)(=O)NC(CF)CF)cn2)n(CC2CC2)c2cc(CC(F)F)ccc12. The van der Waals surface area contributed by atoms with E-state index in [1.54, 1.807) is 18.2 Å². The zero-order chi connectivity index (χ0) is 24.5. The molecule has 1 aliphatic rings. The Hall–Kier alpha value is -3.04. The lowest BCUT2D eigenvalue weighted by atomic mass is 10.1. The number of sulfonamides is 1. The number of nitrogens with zero attached hydrogens (tertiary/aromatic N) is 4. The highest BCUT2D eigenvalue weighted by Crippen LogP contribution is 2.38. The number of hydrogen-bond acceptors (Lipinski definition) is 5. The second-order valence-corrected chi connectivity index (χ2v) is 9.92. The van der Waals surface area contributed by atoms with E-state index in [2.05, 4.69) is 16.0 Å². The molecule has 0 bridgehead atoms. The lowest BCUT2D eigenvalue weighted by molar-refractivity contribution is 0.149. The van der Waals surface area contributed by atoms with Crippen LogP contribution in [0.1, 0.15) is 24.0 Å². The van der Waals surface area contributed by atoms with E-state index >= 15 is 0 Å². The molecule has 1 saturated carbocycles. The number of benzene rings is 1. The zero-order valence-electron chi connectivity index (χ0n) is 17.9. The predicted molar refractivity (Wildman–Crippen MR) is 116 cm³/mol. The van der Waals surface area contributed by atoms with Gasteiger partial charge in [-0.3, -0.25) is 0 Å². The van der Waals surface area contributed by atoms with Crippen LogP contribution in [0.15, 0.2) is 35.5 Å². The highest BCUT2D eigenvalue weighted by Gasteiger charge is 2.28. The van der Waals surface area contributed by atoms with Gasteiger partial charge in [-0.2, -0.15) is 5.26 Å². The van der Waals surface area contributed by atoms with Gasteiger partial charge < -0.3 is 4.57 Å². The molecule has 2 aromatic heterocycles. The number of alkyl halides is 4. The number of hydrogen-bond donors (Lipinski definition) is 1. The Morgan fingerprint density at radius 3 is 2.41 bits per heavy atom. The average molecular weight is 496 g/mol. The number of fused-ring (bicyclic) bond motifs is 1. The maximum atomic E-state index is 12.9. The Labute approximate surface area is 193 Å². The summed E-state index contributed by atoms with van der Waals surface area (Å²) in [6.45, 7) is -1.89. The van der Waals surface area contributed by atoms with Crippen molar-refractivity contribution in [2.24, 2.45) is 5.92 Å². The summed E-state index contributed by atoms with van der Waals surface area (Å²) in [5.41, 5.74) is 1.65. The highest BCUT2D eigenvalue weighted by molar-refractivity contribution is 7.89. The van der Waals surface area contributed by atoms with Crippen molar-refractivity contribution in [2.45, 2.75) is 43.2 Å². The second kappa shape index (κ2) is 9.68. The van der Waals surface area contributed by atoms with Gasteiger partial charge in [0.25, 0.3) is 0 Å². The van der Waals surface area contributed by atoms with Crippen LogP contribution in [0.2, 0.25) is 0 Å². The summed E-state index contributed by atoms with van der Waals surface area (Å²) in [4.78, 5) is 7.87. The fourth-order valence-electron chi connectivity index (χ4n) is 3.76. The Balaban J connectivity index is 1.79. The van der Waals surface area contributed by atoms with Gasteiger partial charge in [0.1, 0.15) is 30.0 Å². The quantitative estimate of drug-likeness (QED) is 0.432. The molecule has 2 heterocycles. The van der Waals surface area contributed by atoms with E-state index in [1.807, 2.05) is 9.29 Å². The molecule has 0 amide bonds. The first-order valence-corrected chi connectivity index (χ1v) is 12.1. The van der Waals surface area contributed by atoms with Gasteiger partial charge in [0.05, 0.1) is 29.5 Å². The van der Waals surface area contributed by atoms with E-state index in [0.29, 0.717) is 34.6 Å². The molecule has 0 unspecified atom stereocenters. The zero-order valence-corrected chi connectivity index (χ0v) is 18.7. The van der Waals surface area contributed by atoms with Crippen LogP contribution in [0.4, 0.5) is 17.6 Å². The highest BCUT2D eigenvalue weighted by atomic mass is 32.2. The standard InChI is InChI=1S/C22H21F4N5O2S/c23-7-15(8-24)30-34(32,33)16-10-28-22(29-11-16)21-18(9-27)17-4-3-14(6-20(25)26)5-19(17)31(21)12-13-1-2-13/h3-5,10-11,13,15,20,30H,1-2,6-8,12H2. The van der Waals surface area contributed by atoms with E-state index in [4.69, 9.17) is 0 Å². The molecular weight excluding hydrogens is 474 g/mol. The van der Waals surface area contributed by atoms with Crippen LogP contribution < -0.4 is 4.72 Å². The van der Waals surface area contributed by atoms with E-state index in [-0.39, 0.29) is 16.3 Å². The van der Waals surface area contributed by atoms with Crippen molar-refractivity contribution < 1.29 is 26.0 Å². The van der Waals surface area contributed by atoms with Gasteiger partial charge in [0, 0.05) is 18.4 Å². The van der Waals surface area contributed by atoms with Crippen molar-refractivity contribution in [1.29, 1.82) is 5.26 Å². The first kappa shape index (κ1) is 24.1. The van der Waals surface area contributed by atoms with Gasteiger partial charge in [-0.1, -0.05) is 12.1 Å². The van der Waals surface area contributed by atoms with E-state index in [0.717, 1.165) is 25.2 Å². The molecule has 1 N–H and O–H groups in total. The maximum Gasteiger partial charge on any atom is 0.244 e. The van der Waals surface area contributed by atoms with Crippen LogP contribution in [0, 0.1) is 17.2 Å². The number of rotatable bonds is 10. The van der Waals surface area contributed by atoms with Gasteiger partial charge in [-0.25, -0.2) is 40.7 Å². The van der Waals surface area contributed by atoms with Crippen molar-refractivity contribution in [3.05, 3.63) is 41.7 Å². The van der Waals surface area contributed by atoms with Gasteiger partial charge >= 0.3 is 0 Å². The van der Waals surface area contributed by atoms with Crippen LogP contribution in [-0.2, 0) is 23.0 Å². The first-order valence-electron chi connectivity index (χ1n) is 10.6. The Bertz CT molecular complexity index is 1330. The molecule has 12 heteroatoms. The first-order chi connectivity index (χ1) is 16.3. The fourth-order valence-corrected chi connectivity index (χ4v) is 4.85. The van der Waals surface area contributed by atoms with Crippen LogP contribution in [-0.4, -0.2) is 48.8 Å². The Morgan fingerprint density at radius 1 is 1.18 bits per heavy atom.